The maximum absolute atomic E-state index is 6.08. The second-order valence-electron chi connectivity index (χ2n) is 4.24. The molecule has 0 aliphatic rings. The molecule has 0 aliphatic carbocycles. The molecule has 1 rings (SSSR count). The van der Waals surface area contributed by atoms with Crippen molar-refractivity contribution in [3.05, 3.63) is 33.8 Å². The molecule has 0 aliphatic heterocycles. The third-order valence-corrected chi connectivity index (χ3v) is 3.04. The molecule has 1 aromatic rings. The number of halogens is 2. The number of rotatable bonds is 5. The van der Waals surface area contributed by atoms with Crippen LogP contribution in [0.5, 0.6) is 0 Å². The molecule has 0 saturated heterocycles. The Hall–Kier alpha value is -0.280. The van der Waals surface area contributed by atoms with Crippen LogP contribution in [0.1, 0.15) is 12.5 Å². The van der Waals surface area contributed by atoms with Crippen LogP contribution in [0.2, 0.25) is 10.0 Å². The summed E-state index contributed by atoms with van der Waals surface area (Å²) in [5.41, 5.74) is 0.969. The van der Waals surface area contributed by atoms with Crippen molar-refractivity contribution in [1.82, 2.24) is 10.2 Å². The van der Waals surface area contributed by atoms with Crippen molar-refractivity contribution in [2.45, 2.75) is 19.5 Å². The van der Waals surface area contributed by atoms with Gasteiger partial charge in [0.15, 0.2) is 0 Å². The van der Waals surface area contributed by atoms with Crippen molar-refractivity contribution >= 4 is 23.2 Å². The Kier molecular flexibility index (Phi) is 5.56. The zero-order chi connectivity index (χ0) is 12.1. The minimum atomic E-state index is 0.405. The van der Waals surface area contributed by atoms with E-state index in [1.807, 2.05) is 18.2 Å². The van der Waals surface area contributed by atoms with E-state index < -0.39 is 0 Å². The number of benzene rings is 1. The molecule has 1 aromatic carbocycles. The van der Waals surface area contributed by atoms with Gasteiger partial charge < -0.3 is 10.2 Å². The van der Waals surface area contributed by atoms with Gasteiger partial charge in [0.2, 0.25) is 0 Å². The van der Waals surface area contributed by atoms with E-state index in [4.69, 9.17) is 23.2 Å². The van der Waals surface area contributed by atoms with E-state index in [1.54, 1.807) is 0 Å². The van der Waals surface area contributed by atoms with Gasteiger partial charge in [0.25, 0.3) is 0 Å². The predicted octanol–water partition coefficient (Wildman–Crippen LogP) is 3.03. The third-order valence-electron chi connectivity index (χ3n) is 2.33. The second kappa shape index (κ2) is 6.45. The van der Waals surface area contributed by atoms with E-state index in [1.165, 1.54) is 0 Å². The Labute approximate surface area is 108 Å². The summed E-state index contributed by atoms with van der Waals surface area (Å²) in [6.07, 6.45) is 0. The van der Waals surface area contributed by atoms with Crippen LogP contribution in [0, 0.1) is 0 Å². The molecule has 1 atom stereocenters. The normalized spacial score (nSPS) is 13.1. The third kappa shape index (κ3) is 4.30. The largest absolute Gasteiger partial charge is 0.309 e. The first-order chi connectivity index (χ1) is 7.50. The number of nitrogens with zero attached hydrogens (tertiary/aromatic N) is 1. The molecule has 0 amide bonds. The van der Waals surface area contributed by atoms with Gasteiger partial charge in [-0.2, -0.15) is 0 Å². The van der Waals surface area contributed by atoms with E-state index in [0.29, 0.717) is 12.6 Å². The molecule has 0 spiro atoms. The van der Waals surface area contributed by atoms with Crippen LogP contribution >= 0.6 is 23.2 Å². The van der Waals surface area contributed by atoms with E-state index in [9.17, 15) is 0 Å². The maximum atomic E-state index is 6.08. The zero-order valence-corrected chi connectivity index (χ0v) is 11.4. The van der Waals surface area contributed by atoms with Gasteiger partial charge >= 0.3 is 0 Å². The molecule has 16 heavy (non-hydrogen) atoms. The SMILES string of the molecule is CC(CN(C)C)NCc1c(Cl)cccc1Cl. The maximum Gasteiger partial charge on any atom is 0.0465 e. The first kappa shape index (κ1) is 13.8. The Morgan fingerprint density at radius 1 is 1.25 bits per heavy atom. The fraction of sp³-hybridized carbons (Fsp3) is 0.500. The first-order valence-electron chi connectivity index (χ1n) is 5.31. The molecule has 0 heterocycles. The first-order valence-corrected chi connectivity index (χ1v) is 6.07. The molecule has 0 aromatic heterocycles. The van der Waals surface area contributed by atoms with Gasteiger partial charge in [-0.25, -0.2) is 0 Å². The lowest BCUT2D eigenvalue weighted by Gasteiger charge is -2.19. The van der Waals surface area contributed by atoms with E-state index >= 15 is 0 Å². The van der Waals surface area contributed by atoms with Crippen LogP contribution in [0.4, 0.5) is 0 Å². The van der Waals surface area contributed by atoms with Crippen LogP contribution in [-0.4, -0.2) is 31.6 Å². The fourth-order valence-electron chi connectivity index (χ4n) is 1.59. The summed E-state index contributed by atoms with van der Waals surface area (Å²) in [4.78, 5) is 2.14. The van der Waals surface area contributed by atoms with Crippen molar-refractivity contribution in [3.63, 3.8) is 0 Å². The molecule has 1 unspecified atom stereocenters. The van der Waals surface area contributed by atoms with E-state index in [-0.39, 0.29) is 0 Å². The van der Waals surface area contributed by atoms with Crippen LogP contribution in [0.15, 0.2) is 18.2 Å². The van der Waals surface area contributed by atoms with Crippen molar-refractivity contribution in [3.8, 4) is 0 Å². The van der Waals surface area contributed by atoms with Gasteiger partial charge in [-0.15, -0.1) is 0 Å². The Bertz CT molecular complexity index is 320. The molecular formula is C12H18Cl2N2. The number of hydrogen-bond acceptors (Lipinski definition) is 2. The molecule has 0 fully saturated rings. The lowest BCUT2D eigenvalue weighted by atomic mass is 10.2. The highest BCUT2D eigenvalue weighted by molar-refractivity contribution is 6.35. The quantitative estimate of drug-likeness (QED) is 0.876. The van der Waals surface area contributed by atoms with Crippen LogP contribution < -0.4 is 5.32 Å². The monoisotopic (exact) mass is 260 g/mol. The lowest BCUT2D eigenvalue weighted by Crippen LogP contribution is -2.35. The minimum absolute atomic E-state index is 0.405. The molecule has 90 valence electrons. The standard InChI is InChI=1S/C12H18Cl2N2/c1-9(8-16(2)3)15-7-10-11(13)5-4-6-12(10)14/h4-6,9,15H,7-8H2,1-3H3. The van der Waals surface area contributed by atoms with Crippen molar-refractivity contribution in [2.24, 2.45) is 0 Å². The van der Waals surface area contributed by atoms with E-state index in [2.05, 4.69) is 31.2 Å². The summed E-state index contributed by atoms with van der Waals surface area (Å²) in [6.45, 7) is 3.83. The zero-order valence-electron chi connectivity index (χ0n) is 9.93. The minimum Gasteiger partial charge on any atom is -0.309 e. The van der Waals surface area contributed by atoms with Gasteiger partial charge in [-0.1, -0.05) is 29.3 Å². The Morgan fingerprint density at radius 2 is 1.81 bits per heavy atom. The summed E-state index contributed by atoms with van der Waals surface area (Å²) in [7, 11) is 4.11. The van der Waals surface area contributed by atoms with E-state index in [0.717, 1.165) is 22.2 Å². The topological polar surface area (TPSA) is 15.3 Å². The second-order valence-corrected chi connectivity index (χ2v) is 5.06. The summed E-state index contributed by atoms with van der Waals surface area (Å²) < 4.78 is 0. The highest BCUT2D eigenvalue weighted by Crippen LogP contribution is 2.23. The number of likely N-dealkylation sites (N-methyl/N-ethyl adjacent to an activating group) is 1. The summed E-state index contributed by atoms with van der Waals surface area (Å²) in [5.74, 6) is 0. The average Bonchev–Trinajstić information content (AvgIpc) is 2.15. The van der Waals surface area contributed by atoms with Gasteiger partial charge in [-0.05, 0) is 33.2 Å². The summed E-state index contributed by atoms with van der Waals surface area (Å²) in [5, 5.41) is 4.84. The number of nitrogens with one attached hydrogen (secondary N) is 1. The number of hydrogen-bond donors (Lipinski definition) is 1. The molecular weight excluding hydrogens is 243 g/mol. The average molecular weight is 261 g/mol. The molecule has 2 nitrogen and oxygen atoms in total. The molecule has 1 N–H and O–H groups in total. The molecule has 4 heteroatoms. The fourth-order valence-corrected chi connectivity index (χ4v) is 2.12. The molecule has 0 saturated carbocycles. The summed E-state index contributed by atoms with van der Waals surface area (Å²) >= 11 is 12.2. The van der Waals surface area contributed by atoms with Gasteiger partial charge in [0.05, 0.1) is 0 Å². The smallest absolute Gasteiger partial charge is 0.0465 e. The lowest BCUT2D eigenvalue weighted by molar-refractivity contribution is 0.349. The highest BCUT2D eigenvalue weighted by Gasteiger charge is 2.07. The van der Waals surface area contributed by atoms with Crippen molar-refractivity contribution < 1.29 is 0 Å². The Morgan fingerprint density at radius 3 is 2.31 bits per heavy atom. The predicted molar refractivity (Wildman–Crippen MR) is 71.3 cm³/mol. The van der Waals surface area contributed by atoms with Crippen LogP contribution in [-0.2, 0) is 6.54 Å². The molecule has 0 bridgehead atoms. The Balaban J connectivity index is 2.54. The van der Waals surface area contributed by atoms with Crippen molar-refractivity contribution in [1.29, 1.82) is 0 Å². The van der Waals surface area contributed by atoms with Gasteiger partial charge in [0.1, 0.15) is 0 Å². The van der Waals surface area contributed by atoms with Crippen LogP contribution in [0.3, 0.4) is 0 Å². The van der Waals surface area contributed by atoms with Gasteiger partial charge in [-0.3, -0.25) is 0 Å². The molecule has 0 radical (unpaired) electrons. The van der Waals surface area contributed by atoms with Crippen molar-refractivity contribution in [2.75, 3.05) is 20.6 Å². The summed E-state index contributed by atoms with van der Waals surface area (Å²) in [6, 6.07) is 5.99. The highest BCUT2D eigenvalue weighted by atomic mass is 35.5. The van der Waals surface area contributed by atoms with Gasteiger partial charge in [0, 0.05) is 34.7 Å². The van der Waals surface area contributed by atoms with Crippen LogP contribution in [0.25, 0.3) is 0 Å².